The second-order valence-corrected chi connectivity index (χ2v) is 4.91. The molecule has 1 aliphatic carbocycles. The van der Waals surface area contributed by atoms with Crippen LogP contribution < -0.4 is 4.74 Å². The average molecular weight is 232 g/mol. The molecule has 17 heavy (non-hydrogen) atoms. The molecule has 0 unspecified atom stereocenters. The Morgan fingerprint density at radius 1 is 1.41 bits per heavy atom. The number of para-hydroxylation sites is 1. The van der Waals surface area contributed by atoms with Gasteiger partial charge in [0.2, 0.25) is 0 Å². The van der Waals surface area contributed by atoms with E-state index in [9.17, 15) is 4.79 Å². The van der Waals surface area contributed by atoms with Crippen molar-refractivity contribution in [2.75, 3.05) is 7.11 Å². The minimum Gasteiger partial charge on any atom is -0.496 e. The normalized spacial score (nSPS) is 15.4. The molecule has 0 aliphatic heterocycles. The minimum absolute atomic E-state index is 0.220. The Morgan fingerprint density at radius 2 is 2.18 bits per heavy atom. The lowest BCUT2D eigenvalue weighted by atomic mass is 9.81. The standard InChI is InChI=1S/C15H20O2/c1-11-5-3-8-13(15(11)17-2)14(16)10-9-12-6-4-7-12/h3,5,8,12H,4,6-7,9-10H2,1-2H3. The summed E-state index contributed by atoms with van der Waals surface area (Å²) in [6, 6.07) is 5.77. The highest BCUT2D eigenvalue weighted by molar-refractivity contribution is 5.99. The third kappa shape index (κ3) is 2.68. The van der Waals surface area contributed by atoms with Crippen molar-refractivity contribution < 1.29 is 9.53 Å². The number of hydrogen-bond acceptors (Lipinski definition) is 2. The molecule has 2 heteroatoms. The van der Waals surface area contributed by atoms with Gasteiger partial charge in [0.1, 0.15) is 5.75 Å². The van der Waals surface area contributed by atoms with Crippen molar-refractivity contribution in [2.45, 2.75) is 39.0 Å². The Kier molecular flexibility index (Phi) is 3.82. The molecule has 1 aromatic carbocycles. The summed E-state index contributed by atoms with van der Waals surface area (Å²) in [6.45, 7) is 1.97. The molecule has 1 aromatic rings. The smallest absolute Gasteiger partial charge is 0.166 e. The van der Waals surface area contributed by atoms with E-state index in [1.165, 1.54) is 19.3 Å². The molecule has 92 valence electrons. The fourth-order valence-electron chi connectivity index (χ4n) is 2.39. The molecule has 0 amide bonds. The predicted octanol–water partition coefficient (Wildman–Crippen LogP) is 3.77. The summed E-state index contributed by atoms with van der Waals surface area (Å²) >= 11 is 0. The van der Waals surface area contributed by atoms with Crippen molar-refractivity contribution in [1.82, 2.24) is 0 Å². The van der Waals surface area contributed by atoms with Crippen LogP contribution in [0.3, 0.4) is 0 Å². The molecule has 0 atom stereocenters. The molecule has 0 heterocycles. The zero-order valence-electron chi connectivity index (χ0n) is 10.7. The molecule has 0 spiro atoms. The van der Waals surface area contributed by atoms with Gasteiger partial charge in [-0.1, -0.05) is 31.4 Å². The number of carbonyl (C=O) groups excluding carboxylic acids is 1. The van der Waals surface area contributed by atoms with Crippen molar-refractivity contribution in [2.24, 2.45) is 5.92 Å². The summed E-state index contributed by atoms with van der Waals surface area (Å²) in [4.78, 5) is 12.1. The summed E-state index contributed by atoms with van der Waals surface area (Å²) in [7, 11) is 1.63. The van der Waals surface area contributed by atoms with E-state index in [0.717, 1.165) is 29.2 Å². The van der Waals surface area contributed by atoms with E-state index in [0.29, 0.717) is 6.42 Å². The van der Waals surface area contributed by atoms with E-state index in [1.54, 1.807) is 7.11 Å². The Balaban J connectivity index is 2.04. The fraction of sp³-hybridized carbons (Fsp3) is 0.533. The number of methoxy groups -OCH3 is 1. The number of ether oxygens (including phenoxy) is 1. The lowest BCUT2D eigenvalue weighted by Gasteiger charge is -2.24. The van der Waals surface area contributed by atoms with Gasteiger partial charge in [-0.15, -0.1) is 0 Å². The van der Waals surface area contributed by atoms with Gasteiger partial charge >= 0.3 is 0 Å². The number of carbonyl (C=O) groups is 1. The quantitative estimate of drug-likeness (QED) is 0.722. The van der Waals surface area contributed by atoms with Crippen molar-refractivity contribution in [3.8, 4) is 5.75 Å². The highest BCUT2D eigenvalue weighted by atomic mass is 16.5. The molecule has 2 rings (SSSR count). The van der Waals surface area contributed by atoms with Gasteiger partial charge in [0.25, 0.3) is 0 Å². The summed E-state index contributed by atoms with van der Waals surface area (Å²) in [5.74, 6) is 1.75. The zero-order chi connectivity index (χ0) is 12.3. The van der Waals surface area contributed by atoms with Crippen LogP contribution in [0.5, 0.6) is 5.75 Å². The first kappa shape index (κ1) is 12.2. The number of ketones is 1. The van der Waals surface area contributed by atoms with E-state index >= 15 is 0 Å². The molecule has 0 N–H and O–H groups in total. The van der Waals surface area contributed by atoms with E-state index < -0.39 is 0 Å². The molecule has 0 aromatic heterocycles. The number of rotatable bonds is 5. The number of Topliss-reactive ketones (excluding diaryl/α,β-unsaturated/α-hetero) is 1. The first-order valence-corrected chi connectivity index (χ1v) is 6.39. The molecule has 0 bridgehead atoms. The van der Waals surface area contributed by atoms with Gasteiger partial charge < -0.3 is 4.74 Å². The van der Waals surface area contributed by atoms with Crippen molar-refractivity contribution in [3.63, 3.8) is 0 Å². The first-order valence-electron chi connectivity index (χ1n) is 6.39. The van der Waals surface area contributed by atoms with Crippen LogP contribution in [0.2, 0.25) is 0 Å². The summed E-state index contributed by atoms with van der Waals surface area (Å²) < 4.78 is 5.32. The fourth-order valence-corrected chi connectivity index (χ4v) is 2.39. The molecule has 0 saturated heterocycles. The van der Waals surface area contributed by atoms with E-state index in [2.05, 4.69) is 0 Å². The van der Waals surface area contributed by atoms with Crippen molar-refractivity contribution in [1.29, 1.82) is 0 Å². The largest absolute Gasteiger partial charge is 0.496 e. The third-order valence-corrected chi connectivity index (χ3v) is 3.72. The number of benzene rings is 1. The lowest BCUT2D eigenvalue weighted by molar-refractivity contribution is 0.0962. The minimum atomic E-state index is 0.220. The highest BCUT2D eigenvalue weighted by Gasteiger charge is 2.20. The van der Waals surface area contributed by atoms with Crippen LogP contribution in [0.25, 0.3) is 0 Å². The van der Waals surface area contributed by atoms with Crippen molar-refractivity contribution in [3.05, 3.63) is 29.3 Å². The maximum absolute atomic E-state index is 12.1. The molecule has 1 fully saturated rings. The molecule has 1 saturated carbocycles. The topological polar surface area (TPSA) is 26.3 Å². The second-order valence-electron chi connectivity index (χ2n) is 4.91. The summed E-state index contributed by atoms with van der Waals surface area (Å²) in [6.07, 6.45) is 5.64. The summed E-state index contributed by atoms with van der Waals surface area (Å²) in [5.41, 5.74) is 1.77. The van der Waals surface area contributed by atoms with Crippen LogP contribution in [0.1, 0.15) is 48.0 Å². The van der Waals surface area contributed by atoms with Crippen LogP contribution in [-0.2, 0) is 0 Å². The van der Waals surface area contributed by atoms with Crippen molar-refractivity contribution >= 4 is 5.78 Å². The van der Waals surface area contributed by atoms with Gasteiger partial charge in [-0.25, -0.2) is 0 Å². The van der Waals surface area contributed by atoms with Gasteiger partial charge in [-0.2, -0.15) is 0 Å². The second kappa shape index (κ2) is 5.35. The van der Waals surface area contributed by atoms with Gasteiger partial charge in [-0.3, -0.25) is 4.79 Å². The van der Waals surface area contributed by atoms with Crippen LogP contribution in [0, 0.1) is 12.8 Å². The molecule has 1 aliphatic rings. The van der Waals surface area contributed by atoms with Gasteiger partial charge in [0, 0.05) is 6.42 Å². The van der Waals surface area contributed by atoms with Gasteiger partial charge in [-0.05, 0) is 30.9 Å². The lowest BCUT2D eigenvalue weighted by Crippen LogP contribution is -2.13. The Labute approximate surface area is 103 Å². The Morgan fingerprint density at radius 3 is 2.76 bits per heavy atom. The molecule has 2 nitrogen and oxygen atoms in total. The maximum Gasteiger partial charge on any atom is 0.166 e. The number of aryl methyl sites for hydroxylation is 1. The van der Waals surface area contributed by atoms with Gasteiger partial charge in [0.15, 0.2) is 5.78 Å². The van der Waals surface area contributed by atoms with Crippen LogP contribution in [-0.4, -0.2) is 12.9 Å². The number of hydrogen-bond donors (Lipinski definition) is 0. The zero-order valence-corrected chi connectivity index (χ0v) is 10.7. The van der Waals surface area contributed by atoms with Crippen LogP contribution >= 0.6 is 0 Å². The van der Waals surface area contributed by atoms with E-state index in [1.807, 2.05) is 25.1 Å². The Hall–Kier alpha value is -1.31. The van der Waals surface area contributed by atoms with Crippen LogP contribution in [0.4, 0.5) is 0 Å². The Bertz CT molecular complexity index is 405. The van der Waals surface area contributed by atoms with E-state index in [4.69, 9.17) is 4.74 Å². The highest BCUT2D eigenvalue weighted by Crippen LogP contribution is 2.32. The molecular weight excluding hydrogens is 212 g/mol. The predicted molar refractivity (Wildman–Crippen MR) is 68.6 cm³/mol. The van der Waals surface area contributed by atoms with Crippen LogP contribution in [0.15, 0.2) is 18.2 Å². The SMILES string of the molecule is COc1c(C)cccc1C(=O)CCC1CCC1. The molecular formula is C15H20O2. The summed E-state index contributed by atoms with van der Waals surface area (Å²) in [5, 5.41) is 0. The maximum atomic E-state index is 12.1. The third-order valence-electron chi connectivity index (χ3n) is 3.72. The monoisotopic (exact) mass is 232 g/mol. The first-order chi connectivity index (χ1) is 8.22. The molecule has 0 radical (unpaired) electrons. The average Bonchev–Trinajstić information content (AvgIpc) is 2.26. The van der Waals surface area contributed by atoms with E-state index in [-0.39, 0.29) is 5.78 Å². The van der Waals surface area contributed by atoms with Gasteiger partial charge in [0.05, 0.1) is 12.7 Å².